The van der Waals surface area contributed by atoms with Crippen LogP contribution in [0.3, 0.4) is 0 Å². The van der Waals surface area contributed by atoms with Gasteiger partial charge in [-0.05, 0) is 55.8 Å². The van der Waals surface area contributed by atoms with Crippen molar-refractivity contribution in [2.45, 2.75) is 6.42 Å². The largest absolute Gasteiger partial charge is 0.205 e. The smallest absolute Gasteiger partial charge is 0.177 e. The van der Waals surface area contributed by atoms with Crippen molar-refractivity contribution in [2.75, 3.05) is 0 Å². The molecule has 4 nitrogen and oxygen atoms in total. The van der Waals surface area contributed by atoms with E-state index in [0.717, 1.165) is 22.9 Å². The SMILES string of the molecule is c1ccc2c(c1)Cc1c-2cccc1-c1ccc2ccccc2c1-c1nn[nH]n1. The van der Waals surface area contributed by atoms with E-state index >= 15 is 0 Å². The number of rotatable bonds is 2. The van der Waals surface area contributed by atoms with Crippen LogP contribution < -0.4 is 0 Å². The number of tetrazole rings is 1. The van der Waals surface area contributed by atoms with E-state index in [-0.39, 0.29) is 0 Å². The predicted octanol–water partition coefficient (Wildman–Crippen LogP) is 5.26. The van der Waals surface area contributed by atoms with E-state index in [0.29, 0.717) is 5.82 Å². The monoisotopic (exact) mass is 360 g/mol. The maximum Gasteiger partial charge on any atom is 0.205 e. The minimum Gasteiger partial charge on any atom is -0.177 e. The molecule has 28 heavy (non-hydrogen) atoms. The Kier molecular flexibility index (Phi) is 3.20. The molecule has 0 amide bonds. The molecule has 0 saturated carbocycles. The Hall–Kier alpha value is -3.79. The van der Waals surface area contributed by atoms with Gasteiger partial charge < -0.3 is 0 Å². The summed E-state index contributed by atoms with van der Waals surface area (Å²) in [5.74, 6) is 0.625. The van der Waals surface area contributed by atoms with Crippen LogP contribution in [0.2, 0.25) is 0 Å². The van der Waals surface area contributed by atoms with Crippen LogP contribution in [0.15, 0.2) is 78.9 Å². The summed E-state index contributed by atoms with van der Waals surface area (Å²) >= 11 is 0. The molecular weight excluding hydrogens is 344 g/mol. The van der Waals surface area contributed by atoms with Gasteiger partial charge in [0.15, 0.2) is 0 Å². The molecule has 0 spiro atoms. The number of hydrogen-bond donors (Lipinski definition) is 1. The molecule has 0 aliphatic heterocycles. The van der Waals surface area contributed by atoms with Crippen LogP contribution in [0.1, 0.15) is 11.1 Å². The third-order valence-electron chi connectivity index (χ3n) is 5.64. The molecule has 132 valence electrons. The van der Waals surface area contributed by atoms with Gasteiger partial charge in [0.2, 0.25) is 5.82 Å². The Bertz CT molecular complexity index is 1340. The molecule has 0 bridgehead atoms. The van der Waals surface area contributed by atoms with Crippen molar-refractivity contribution in [3.05, 3.63) is 90.0 Å². The number of hydrogen-bond acceptors (Lipinski definition) is 3. The quantitative estimate of drug-likeness (QED) is 0.458. The second-order valence-electron chi connectivity index (χ2n) is 7.11. The van der Waals surface area contributed by atoms with E-state index in [9.17, 15) is 0 Å². The van der Waals surface area contributed by atoms with Gasteiger partial charge in [0, 0.05) is 5.56 Å². The van der Waals surface area contributed by atoms with Crippen LogP contribution in [0.4, 0.5) is 0 Å². The Balaban J connectivity index is 1.67. The number of aromatic nitrogens is 4. The molecule has 1 aromatic heterocycles. The number of aromatic amines is 1. The first-order valence-electron chi connectivity index (χ1n) is 9.36. The molecule has 1 aliphatic carbocycles. The van der Waals surface area contributed by atoms with Gasteiger partial charge in [-0.25, -0.2) is 0 Å². The highest BCUT2D eigenvalue weighted by atomic mass is 15.5. The molecule has 1 heterocycles. The molecule has 4 heteroatoms. The van der Waals surface area contributed by atoms with Crippen LogP contribution in [0.25, 0.3) is 44.4 Å². The zero-order valence-electron chi connectivity index (χ0n) is 15.1. The maximum atomic E-state index is 4.31. The molecule has 0 saturated heterocycles. The average Bonchev–Trinajstić information content (AvgIpc) is 3.40. The molecule has 1 N–H and O–H groups in total. The lowest BCUT2D eigenvalue weighted by Gasteiger charge is -2.14. The predicted molar refractivity (Wildman–Crippen MR) is 111 cm³/mol. The van der Waals surface area contributed by atoms with Crippen molar-refractivity contribution in [1.82, 2.24) is 20.6 Å². The van der Waals surface area contributed by atoms with Crippen molar-refractivity contribution in [3.8, 4) is 33.6 Å². The number of benzene rings is 4. The second kappa shape index (κ2) is 5.86. The summed E-state index contributed by atoms with van der Waals surface area (Å²) in [5.41, 5.74) is 8.80. The third kappa shape index (κ3) is 2.15. The van der Waals surface area contributed by atoms with E-state index in [1.807, 2.05) is 0 Å². The lowest BCUT2D eigenvalue weighted by molar-refractivity contribution is 0.881. The van der Waals surface area contributed by atoms with Crippen LogP contribution in [0, 0.1) is 0 Å². The van der Waals surface area contributed by atoms with Crippen molar-refractivity contribution in [3.63, 3.8) is 0 Å². The van der Waals surface area contributed by atoms with E-state index < -0.39 is 0 Å². The number of nitrogens with zero attached hydrogens (tertiary/aromatic N) is 3. The molecule has 1 aliphatic rings. The summed E-state index contributed by atoms with van der Waals surface area (Å²) in [6, 6.07) is 28.0. The van der Waals surface area contributed by atoms with E-state index in [4.69, 9.17) is 0 Å². The second-order valence-corrected chi connectivity index (χ2v) is 7.11. The highest BCUT2D eigenvalue weighted by Gasteiger charge is 2.23. The summed E-state index contributed by atoms with van der Waals surface area (Å²) in [6.45, 7) is 0. The third-order valence-corrected chi connectivity index (χ3v) is 5.64. The number of H-pyrrole nitrogens is 1. The van der Waals surface area contributed by atoms with Crippen molar-refractivity contribution >= 4 is 10.8 Å². The molecule has 4 aromatic carbocycles. The molecule has 0 atom stereocenters. The van der Waals surface area contributed by atoms with E-state index in [1.165, 1.54) is 33.2 Å². The molecule has 0 fully saturated rings. The van der Waals surface area contributed by atoms with E-state index in [2.05, 4.69) is 99.5 Å². The van der Waals surface area contributed by atoms with Crippen molar-refractivity contribution in [1.29, 1.82) is 0 Å². The van der Waals surface area contributed by atoms with Gasteiger partial charge in [0.1, 0.15) is 0 Å². The minimum absolute atomic E-state index is 0.625. The lowest BCUT2D eigenvalue weighted by atomic mass is 9.89. The molecule has 0 unspecified atom stereocenters. The maximum absolute atomic E-state index is 4.31. The Morgan fingerprint density at radius 3 is 2.36 bits per heavy atom. The zero-order chi connectivity index (χ0) is 18.5. The summed E-state index contributed by atoms with van der Waals surface area (Å²) in [5, 5.41) is 17.3. The highest BCUT2D eigenvalue weighted by Crippen LogP contribution is 2.44. The molecule has 0 radical (unpaired) electrons. The average molecular weight is 360 g/mol. The van der Waals surface area contributed by atoms with Gasteiger partial charge >= 0.3 is 0 Å². The minimum atomic E-state index is 0.625. The van der Waals surface area contributed by atoms with Gasteiger partial charge in [0.05, 0.1) is 0 Å². The Morgan fingerprint density at radius 2 is 1.46 bits per heavy atom. The van der Waals surface area contributed by atoms with Gasteiger partial charge in [-0.2, -0.15) is 5.21 Å². The highest BCUT2D eigenvalue weighted by molar-refractivity contribution is 6.03. The Labute approximate surface area is 161 Å². The summed E-state index contributed by atoms with van der Waals surface area (Å²) in [7, 11) is 0. The number of fused-ring (bicyclic) bond motifs is 4. The normalized spacial score (nSPS) is 12.1. The van der Waals surface area contributed by atoms with Crippen LogP contribution in [-0.2, 0) is 6.42 Å². The van der Waals surface area contributed by atoms with Crippen LogP contribution in [0.5, 0.6) is 0 Å². The zero-order valence-corrected chi connectivity index (χ0v) is 15.1. The molecule has 5 aromatic rings. The van der Waals surface area contributed by atoms with Crippen LogP contribution in [-0.4, -0.2) is 20.6 Å². The standard InChI is InChI=1S/C24H16N4/c1-4-9-18-15(6-1)12-13-21(23(18)24-25-27-28-26-24)20-11-5-10-19-17-8-3-2-7-16(17)14-22(19)20/h1-13H,14H2,(H,25,26,27,28). The fourth-order valence-corrected chi connectivity index (χ4v) is 4.41. The van der Waals surface area contributed by atoms with Gasteiger partial charge in [-0.15, -0.1) is 10.2 Å². The molecular formula is C24H16N4. The lowest BCUT2D eigenvalue weighted by Crippen LogP contribution is -1.94. The fraction of sp³-hybridized carbons (Fsp3) is 0.0417. The topological polar surface area (TPSA) is 54.5 Å². The van der Waals surface area contributed by atoms with E-state index in [1.54, 1.807) is 0 Å². The summed E-state index contributed by atoms with van der Waals surface area (Å²) < 4.78 is 0. The molecule has 6 rings (SSSR count). The van der Waals surface area contributed by atoms with Crippen molar-refractivity contribution in [2.24, 2.45) is 0 Å². The summed E-state index contributed by atoms with van der Waals surface area (Å²) in [4.78, 5) is 0. The Morgan fingerprint density at radius 1 is 0.679 bits per heavy atom. The summed E-state index contributed by atoms with van der Waals surface area (Å²) in [6.07, 6.45) is 0.945. The first kappa shape index (κ1) is 15.3. The van der Waals surface area contributed by atoms with Gasteiger partial charge in [-0.3, -0.25) is 0 Å². The first-order chi connectivity index (χ1) is 13.9. The fourth-order valence-electron chi connectivity index (χ4n) is 4.41. The van der Waals surface area contributed by atoms with Crippen LogP contribution >= 0.6 is 0 Å². The van der Waals surface area contributed by atoms with Crippen molar-refractivity contribution < 1.29 is 0 Å². The van der Waals surface area contributed by atoms with Gasteiger partial charge in [-0.1, -0.05) is 78.9 Å². The first-order valence-corrected chi connectivity index (χ1v) is 9.36. The van der Waals surface area contributed by atoms with Gasteiger partial charge in [0.25, 0.3) is 0 Å². The number of nitrogens with one attached hydrogen (secondary N) is 1.